The number of carbonyl (C=O) groups is 1. The molecule has 2 aromatic carbocycles. The summed E-state index contributed by atoms with van der Waals surface area (Å²) in [5, 5.41) is 2.70. The van der Waals surface area contributed by atoms with Crippen molar-refractivity contribution in [3.05, 3.63) is 77.2 Å². The van der Waals surface area contributed by atoms with Crippen molar-refractivity contribution in [2.24, 2.45) is 0 Å². The second-order valence-corrected chi connectivity index (χ2v) is 11.0. The molecule has 2 aliphatic rings. The van der Waals surface area contributed by atoms with Crippen LogP contribution in [0.25, 0.3) is 0 Å². The molecule has 1 saturated heterocycles. The van der Waals surface area contributed by atoms with Crippen molar-refractivity contribution in [2.75, 3.05) is 6.61 Å². The number of fused-ring (bicyclic) bond motifs is 1. The van der Waals surface area contributed by atoms with E-state index < -0.39 is 37.8 Å². The molecule has 0 aliphatic carbocycles. The zero-order valence-electron chi connectivity index (χ0n) is 21.1. The number of nitrogens with one attached hydrogen (secondary N) is 1. The second-order valence-electron chi connectivity index (χ2n) is 9.26. The smallest absolute Gasteiger partial charge is 0.459 e. The van der Waals surface area contributed by atoms with E-state index >= 15 is 0 Å². The van der Waals surface area contributed by atoms with E-state index in [1.807, 2.05) is 49.4 Å². The summed E-state index contributed by atoms with van der Waals surface area (Å²) in [6.45, 7) is 8.81. The number of hydrogen-bond acceptors (Lipinski definition) is 8. The highest BCUT2D eigenvalue weighted by molar-refractivity contribution is 7.52. The van der Waals surface area contributed by atoms with E-state index in [4.69, 9.17) is 28.0 Å². The number of esters is 1. The van der Waals surface area contributed by atoms with Gasteiger partial charge in [-0.3, -0.25) is 9.32 Å². The fourth-order valence-corrected chi connectivity index (χ4v) is 5.34. The van der Waals surface area contributed by atoms with Gasteiger partial charge in [0.15, 0.2) is 18.0 Å². The monoisotopic (exact) mass is 517 g/mol. The number of ether oxygens (including phenoxy) is 4. The summed E-state index contributed by atoms with van der Waals surface area (Å²) >= 11 is 0. The Morgan fingerprint density at radius 2 is 1.81 bits per heavy atom. The maximum absolute atomic E-state index is 13.8. The van der Waals surface area contributed by atoms with E-state index in [2.05, 4.69) is 5.09 Å². The molecule has 3 unspecified atom stereocenters. The predicted octanol–water partition coefficient (Wildman–Crippen LogP) is 5.00. The molecule has 0 spiro atoms. The first-order valence-electron chi connectivity index (χ1n) is 11.8. The molecule has 0 saturated carbocycles. The standard InChI is InChI=1S/C26H32NO8P/c1-17-11-13-21(14-12-17)35-36(29,27-18(2)25(28)30-15-20-9-7-6-8-10-20)31-16-22-24-23(19(3)32-22)33-26(4,5)34-24/h6-14,18,22,24H,15-16H2,1-5H3,(H,27,29)/t18?,22?,24-,36?/m1/s1. The molecule has 9 nitrogen and oxygen atoms in total. The Bertz CT molecular complexity index is 1150. The normalized spacial score (nSPS) is 22.7. The van der Waals surface area contributed by atoms with Crippen LogP contribution in [0.4, 0.5) is 0 Å². The van der Waals surface area contributed by atoms with Gasteiger partial charge < -0.3 is 23.5 Å². The van der Waals surface area contributed by atoms with Crippen LogP contribution in [0, 0.1) is 6.92 Å². The summed E-state index contributed by atoms with van der Waals surface area (Å²) in [6.07, 6.45) is -1.10. The Kier molecular flexibility index (Phi) is 7.76. The highest BCUT2D eigenvalue weighted by atomic mass is 31.2. The molecule has 0 bridgehead atoms. The van der Waals surface area contributed by atoms with Crippen LogP contribution >= 0.6 is 7.75 Å². The van der Waals surface area contributed by atoms with Gasteiger partial charge in [0, 0.05) is 13.8 Å². The van der Waals surface area contributed by atoms with Crippen molar-refractivity contribution in [1.82, 2.24) is 5.09 Å². The third kappa shape index (κ3) is 6.48. The number of rotatable bonds is 10. The number of benzene rings is 2. The number of hydrogen-bond donors (Lipinski definition) is 1. The Morgan fingerprint density at radius 1 is 1.11 bits per heavy atom. The van der Waals surface area contributed by atoms with Gasteiger partial charge in [-0.25, -0.2) is 4.57 Å². The predicted molar refractivity (Wildman–Crippen MR) is 132 cm³/mol. The van der Waals surface area contributed by atoms with E-state index in [0.29, 0.717) is 17.3 Å². The average Bonchev–Trinajstić information content (AvgIpc) is 3.31. The Morgan fingerprint density at radius 3 is 2.50 bits per heavy atom. The lowest BCUT2D eigenvalue weighted by Crippen LogP contribution is -2.37. The van der Waals surface area contributed by atoms with Gasteiger partial charge in [-0.1, -0.05) is 48.0 Å². The minimum absolute atomic E-state index is 0.0914. The van der Waals surface area contributed by atoms with Crippen molar-refractivity contribution in [2.45, 2.75) is 65.3 Å². The SMILES string of the molecule is CC1=C2OC(C)(C)O[C@@H]2C(COP(=O)(NC(C)C(=O)OCc2ccccc2)Oc2ccc(C)cc2)O1. The molecule has 1 N–H and O–H groups in total. The molecular weight excluding hydrogens is 485 g/mol. The van der Waals surface area contributed by atoms with Gasteiger partial charge in [-0.2, -0.15) is 5.09 Å². The third-order valence-corrected chi connectivity index (χ3v) is 7.27. The quantitative estimate of drug-likeness (QED) is 0.345. The molecule has 0 aromatic heterocycles. The molecule has 4 rings (SSSR count). The molecule has 0 radical (unpaired) electrons. The summed E-state index contributed by atoms with van der Waals surface area (Å²) in [6, 6.07) is 15.3. The van der Waals surface area contributed by atoms with Crippen LogP contribution in [-0.2, 0) is 39.4 Å². The average molecular weight is 518 g/mol. The lowest BCUT2D eigenvalue weighted by atomic mass is 10.2. The first-order valence-corrected chi connectivity index (χ1v) is 13.3. The summed E-state index contributed by atoms with van der Waals surface area (Å²) < 4.78 is 48.3. The topological polar surface area (TPSA) is 102 Å². The van der Waals surface area contributed by atoms with Crippen LogP contribution in [0.1, 0.15) is 38.8 Å². The highest BCUT2D eigenvalue weighted by Crippen LogP contribution is 2.47. The first-order chi connectivity index (χ1) is 17.0. The van der Waals surface area contributed by atoms with Crippen LogP contribution in [0.15, 0.2) is 66.1 Å². The van der Waals surface area contributed by atoms with Crippen LogP contribution in [0.3, 0.4) is 0 Å². The number of carbonyl (C=O) groups excluding carboxylic acids is 1. The molecule has 2 heterocycles. The fraction of sp³-hybridized carbons (Fsp3) is 0.423. The van der Waals surface area contributed by atoms with Gasteiger partial charge in [0.2, 0.25) is 5.79 Å². The minimum atomic E-state index is -4.05. The molecular formula is C26H32NO8P. The largest absolute Gasteiger partial charge is 0.486 e. The first kappa shape index (κ1) is 26.2. The summed E-state index contributed by atoms with van der Waals surface area (Å²) in [7, 11) is -4.05. The van der Waals surface area contributed by atoms with Gasteiger partial charge >= 0.3 is 13.7 Å². The maximum Gasteiger partial charge on any atom is 0.459 e. The van der Waals surface area contributed by atoms with Crippen molar-refractivity contribution < 1.29 is 37.4 Å². The van der Waals surface area contributed by atoms with Crippen LogP contribution in [0.5, 0.6) is 5.75 Å². The summed E-state index contributed by atoms with van der Waals surface area (Å²) in [5.41, 5.74) is 1.85. The fourth-order valence-electron chi connectivity index (χ4n) is 3.83. The lowest BCUT2D eigenvalue weighted by molar-refractivity contribution is -0.158. The molecule has 194 valence electrons. The molecule has 4 atom stereocenters. The zero-order valence-corrected chi connectivity index (χ0v) is 22.0. The second kappa shape index (κ2) is 10.6. The summed E-state index contributed by atoms with van der Waals surface area (Å²) in [4.78, 5) is 12.6. The molecule has 0 amide bonds. The molecule has 10 heteroatoms. The van der Waals surface area contributed by atoms with Crippen LogP contribution < -0.4 is 9.61 Å². The van der Waals surface area contributed by atoms with Gasteiger partial charge in [0.1, 0.15) is 24.2 Å². The lowest BCUT2D eigenvalue weighted by Gasteiger charge is -2.26. The Labute approximate surface area is 211 Å². The molecule has 2 aliphatic heterocycles. The Balaban J connectivity index is 1.43. The van der Waals surface area contributed by atoms with E-state index in [1.54, 1.807) is 32.9 Å². The van der Waals surface area contributed by atoms with Gasteiger partial charge in [-0.05, 0) is 38.5 Å². The van der Waals surface area contributed by atoms with Crippen LogP contribution in [-0.4, -0.2) is 36.6 Å². The van der Waals surface area contributed by atoms with Gasteiger partial charge in [0.25, 0.3) is 0 Å². The van der Waals surface area contributed by atoms with Crippen molar-refractivity contribution >= 4 is 13.7 Å². The van der Waals surface area contributed by atoms with E-state index in [0.717, 1.165) is 11.1 Å². The van der Waals surface area contributed by atoms with E-state index in [-0.39, 0.29) is 13.2 Å². The maximum atomic E-state index is 13.8. The molecule has 1 fully saturated rings. The van der Waals surface area contributed by atoms with Gasteiger partial charge in [-0.15, -0.1) is 0 Å². The molecule has 2 aromatic rings. The number of allylic oxidation sites excluding steroid dienone is 1. The van der Waals surface area contributed by atoms with E-state index in [9.17, 15) is 9.36 Å². The van der Waals surface area contributed by atoms with Crippen molar-refractivity contribution in [3.8, 4) is 5.75 Å². The molecule has 36 heavy (non-hydrogen) atoms. The van der Waals surface area contributed by atoms with E-state index in [1.165, 1.54) is 6.92 Å². The third-order valence-electron chi connectivity index (χ3n) is 5.62. The minimum Gasteiger partial charge on any atom is -0.486 e. The Hall–Kier alpha value is -2.84. The van der Waals surface area contributed by atoms with Crippen molar-refractivity contribution in [3.63, 3.8) is 0 Å². The highest BCUT2D eigenvalue weighted by Gasteiger charge is 2.50. The zero-order chi connectivity index (χ0) is 25.9. The van der Waals surface area contributed by atoms with Gasteiger partial charge in [0.05, 0.1) is 6.61 Å². The summed E-state index contributed by atoms with van der Waals surface area (Å²) in [5.74, 6) is 0.0975. The van der Waals surface area contributed by atoms with Crippen molar-refractivity contribution in [1.29, 1.82) is 0 Å². The number of aryl methyl sites for hydroxylation is 1. The van der Waals surface area contributed by atoms with Crippen LogP contribution in [0.2, 0.25) is 0 Å².